The van der Waals surface area contributed by atoms with Crippen molar-refractivity contribution in [1.82, 2.24) is 10.6 Å². The van der Waals surface area contributed by atoms with Crippen LogP contribution in [0.4, 0.5) is 0 Å². The van der Waals surface area contributed by atoms with E-state index < -0.39 is 54.4 Å². The number of aliphatic carboxylic acids is 2. The smallest absolute Gasteiger partial charge is 0.328 e. The molecule has 3 unspecified atom stereocenters. The number of aliphatic hydroxyl groups excluding tert-OH is 1. The van der Waals surface area contributed by atoms with Crippen LogP contribution in [-0.4, -0.2) is 69.7 Å². The van der Waals surface area contributed by atoms with Gasteiger partial charge in [-0.05, 0) is 12.8 Å². The number of hydrogen-bond donors (Lipinski definition) is 7. The molecule has 0 saturated carbocycles. The third-order valence-corrected chi connectivity index (χ3v) is 3.12. The maximum Gasteiger partial charge on any atom is 0.328 e. The molecule has 0 rings (SSSR count). The minimum Gasteiger partial charge on any atom is -0.481 e. The molecule has 0 bridgehead atoms. The van der Waals surface area contributed by atoms with Crippen LogP contribution in [0.1, 0.15) is 25.7 Å². The SMILES string of the molecule is NC(=O)CCC(NC(=O)C(N)CCC(=O)O)C(=O)NC(CO)C(=O)O. The van der Waals surface area contributed by atoms with Crippen molar-refractivity contribution in [3.05, 3.63) is 0 Å². The molecular formula is C13H22N4O8. The fraction of sp³-hybridized carbons (Fsp3) is 0.615. The van der Waals surface area contributed by atoms with Gasteiger partial charge in [0.2, 0.25) is 17.7 Å². The summed E-state index contributed by atoms with van der Waals surface area (Å²) in [5, 5.41) is 30.5. The van der Waals surface area contributed by atoms with Crippen LogP contribution in [-0.2, 0) is 24.0 Å². The summed E-state index contributed by atoms with van der Waals surface area (Å²) < 4.78 is 0. The number of primary amides is 1. The number of nitrogens with one attached hydrogen (secondary N) is 2. The van der Waals surface area contributed by atoms with Crippen molar-refractivity contribution < 1.29 is 39.3 Å². The zero-order chi connectivity index (χ0) is 19.6. The van der Waals surface area contributed by atoms with Crippen LogP contribution in [0.25, 0.3) is 0 Å². The van der Waals surface area contributed by atoms with Gasteiger partial charge in [0.05, 0.1) is 12.6 Å². The Morgan fingerprint density at radius 2 is 1.44 bits per heavy atom. The molecule has 0 aliphatic rings. The van der Waals surface area contributed by atoms with Gasteiger partial charge in [-0.1, -0.05) is 0 Å². The van der Waals surface area contributed by atoms with Crippen molar-refractivity contribution in [3.8, 4) is 0 Å². The highest BCUT2D eigenvalue weighted by Gasteiger charge is 2.28. The molecule has 0 aliphatic heterocycles. The molecule has 3 atom stereocenters. The van der Waals surface area contributed by atoms with Gasteiger partial charge in [-0.2, -0.15) is 0 Å². The van der Waals surface area contributed by atoms with E-state index in [2.05, 4.69) is 5.32 Å². The Morgan fingerprint density at radius 3 is 1.88 bits per heavy atom. The van der Waals surface area contributed by atoms with Gasteiger partial charge >= 0.3 is 11.9 Å². The maximum atomic E-state index is 12.1. The number of rotatable bonds is 12. The lowest BCUT2D eigenvalue weighted by Crippen LogP contribution is -2.55. The Hall–Kier alpha value is -2.73. The number of hydrogen-bond acceptors (Lipinski definition) is 7. The second-order valence-corrected chi connectivity index (χ2v) is 5.19. The Bertz CT molecular complexity index is 524. The maximum absolute atomic E-state index is 12.1. The molecule has 12 nitrogen and oxygen atoms in total. The van der Waals surface area contributed by atoms with Crippen LogP contribution in [0.2, 0.25) is 0 Å². The van der Waals surface area contributed by atoms with E-state index in [4.69, 9.17) is 26.8 Å². The average molecular weight is 362 g/mol. The summed E-state index contributed by atoms with van der Waals surface area (Å²) in [6.45, 7) is -0.879. The van der Waals surface area contributed by atoms with Crippen LogP contribution in [0.5, 0.6) is 0 Å². The largest absolute Gasteiger partial charge is 0.481 e. The Balaban J connectivity index is 4.93. The molecule has 0 aromatic carbocycles. The molecule has 0 fully saturated rings. The van der Waals surface area contributed by atoms with Gasteiger partial charge < -0.3 is 37.4 Å². The summed E-state index contributed by atoms with van der Waals surface area (Å²) in [6, 6.07) is -4.14. The van der Waals surface area contributed by atoms with E-state index in [1.165, 1.54) is 0 Å². The third kappa shape index (κ3) is 9.22. The van der Waals surface area contributed by atoms with Gasteiger partial charge in [0.15, 0.2) is 0 Å². The predicted octanol–water partition coefficient (Wildman–Crippen LogP) is -3.51. The topological polar surface area (TPSA) is 222 Å². The number of carbonyl (C=O) groups is 5. The molecule has 0 radical (unpaired) electrons. The fourth-order valence-electron chi connectivity index (χ4n) is 1.70. The average Bonchev–Trinajstić information content (AvgIpc) is 2.52. The summed E-state index contributed by atoms with van der Waals surface area (Å²) in [7, 11) is 0. The van der Waals surface area contributed by atoms with Gasteiger partial charge in [0.1, 0.15) is 12.1 Å². The van der Waals surface area contributed by atoms with Crippen LogP contribution in [0.3, 0.4) is 0 Å². The number of carboxylic acid groups (broad SMARTS) is 2. The van der Waals surface area contributed by atoms with Crippen molar-refractivity contribution in [2.45, 2.75) is 43.8 Å². The normalized spacial score (nSPS) is 14.0. The third-order valence-electron chi connectivity index (χ3n) is 3.12. The van der Waals surface area contributed by atoms with E-state index in [9.17, 15) is 24.0 Å². The highest BCUT2D eigenvalue weighted by atomic mass is 16.4. The summed E-state index contributed by atoms with van der Waals surface area (Å²) in [4.78, 5) is 56.1. The zero-order valence-corrected chi connectivity index (χ0v) is 13.3. The predicted molar refractivity (Wildman–Crippen MR) is 81.9 cm³/mol. The van der Waals surface area contributed by atoms with Crippen LogP contribution >= 0.6 is 0 Å². The van der Waals surface area contributed by atoms with Crippen molar-refractivity contribution in [1.29, 1.82) is 0 Å². The minimum atomic E-state index is -1.60. The molecule has 0 aromatic heterocycles. The summed E-state index contributed by atoms with van der Waals surface area (Å²) >= 11 is 0. The van der Waals surface area contributed by atoms with E-state index in [0.29, 0.717) is 0 Å². The first-order valence-electron chi connectivity index (χ1n) is 7.28. The Kier molecular flexibility index (Phi) is 9.74. The van der Waals surface area contributed by atoms with Gasteiger partial charge in [-0.3, -0.25) is 19.2 Å². The molecule has 25 heavy (non-hydrogen) atoms. The van der Waals surface area contributed by atoms with E-state index in [1.54, 1.807) is 0 Å². The molecule has 3 amide bonds. The minimum absolute atomic E-state index is 0.181. The standard InChI is InChI=1S/C13H22N4O8/c14-6(1-4-10(20)21)11(22)16-7(2-3-9(15)19)12(23)17-8(5-18)13(24)25/h6-8,18H,1-5,14H2,(H2,15,19)(H,16,22)(H,17,23)(H,20,21)(H,24,25). The molecule has 0 spiro atoms. The van der Waals surface area contributed by atoms with Gasteiger partial charge in [-0.25, -0.2) is 4.79 Å². The number of amides is 3. The molecule has 142 valence electrons. The van der Waals surface area contributed by atoms with Gasteiger partial charge in [-0.15, -0.1) is 0 Å². The first kappa shape index (κ1) is 22.3. The molecule has 0 aliphatic carbocycles. The lowest BCUT2D eigenvalue weighted by molar-refractivity contribution is -0.143. The molecule has 12 heteroatoms. The van der Waals surface area contributed by atoms with Crippen LogP contribution in [0.15, 0.2) is 0 Å². The monoisotopic (exact) mass is 362 g/mol. The van der Waals surface area contributed by atoms with Crippen molar-refractivity contribution >= 4 is 29.7 Å². The molecule has 0 saturated heterocycles. The molecule has 0 aromatic rings. The van der Waals surface area contributed by atoms with Crippen LogP contribution in [0, 0.1) is 0 Å². The molecular weight excluding hydrogens is 340 g/mol. The van der Waals surface area contributed by atoms with E-state index in [0.717, 1.165) is 0 Å². The highest BCUT2D eigenvalue weighted by molar-refractivity contribution is 5.92. The number of carbonyl (C=O) groups excluding carboxylic acids is 3. The Labute approximate surface area is 142 Å². The van der Waals surface area contributed by atoms with Crippen molar-refractivity contribution in [3.63, 3.8) is 0 Å². The lowest BCUT2D eigenvalue weighted by atomic mass is 10.1. The Morgan fingerprint density at radius 1 is 0.880 bits per heavy atom. The van der Waals surface area contributed by atoms with Crippen LogP contribution < -0.4 is 22.1 Å². The quantitative estimate of drug-likeness (QED) is 0.182. The van der Waals surface area contributed by atoms with E-state index in [-0.39, 0.29) is 25.7 Å². The first-order chi connectivity index (χ1) is 11.6. The summed E-state index contributed by atoms with van der Waals surface area (Å²) in [5.41, 5.74) is 10.5. The summed E-state index contributed by atoms with van der Waals surface area (Å²) in [5.74, 6) is -5.20. The van der Waals surface area contributed by atoms with Gasteiger partial charge in [0, 0.05) is 12.8 Å². The number of carboxylic acids is 2. The second kappa shape index (κ2) is 10.9. The highest BCUT2D eigenvalue weighted by Crippen LogP contribution is 2.02. The molecule has 0 heterocycles. The van der Waals surface area contributed by atoms with E-state index >= 15 is 0 Å². The van der Waals surface area contributed by atoms with Gasteiger partial charge in [0.25, 0.3) is 0 Å². The van der Waals surface area contributed by atoms with Crippen molar-refractivity contribution in [2.75, 3.05) is 6.61 Å². The zero-order valence-electron chi connectivity index (χ0n) is 13.3. The fourth-order valence-corrected chi connectivity index (χ4v) is 1.70. The van der Waals surface area contributed by atoms with E-state index in [1.807, 2.05) is 5.32 Å². The lowest BCUT2D eigenvalue weighted by Gasteiger charge is -2.21. The first-order valence-corrected chi connectivity index (χ1v) is 7.28. The van der Waals surface area contributed by atoms with Crippen molar-refractivity contribution in [2.24, 2.45) is 11.5 Å². The summed E-state index contributed by atoms with van der Waals surface area (Å²) in [6.07, 6.45) is -1.05. The number of aliphatic hydroxyl groups is 1. The second-order valence-electron chi connectivity index (χ2n) is 5.19. The molecule has 9 N–H and O–H groups in total. The number of nitrogens with two attached hydrogens (primary N) is 2.